The van der Waals surface area contributed by atoms with E-state index >= 15 is 0 Å². The third-order valence-electron chi connectivity index (χ3n) is 1.28. The van der Waals surface area contributed by atoms with Crippen LogP contribution in [0.15, 0.2) is 21.1 Å². The smallest absolute Gasteiger partial charge is 0.138 e. The lowest BCUT2D eigenvalue weighted by atomic mass is 10.3. The maximum Gasteiger partial charge on any atom is 0.138 e. The molecule has 0 bridgehead atoms. The summed E-state index contributed by atoms with van der Waals surface area (Å²) in [4.78, 5) is 0. The molecular formula is C7H6Br2FN. The second kappa shape index (κ2) is 3.54. The van der Waals surface area contributed by atoms with E-state index < -0.39 is 0 Å². The standard InChI is InChI=1S/C7H6Br2FN/c1-11-7-3-4(8)6(10)2-5(7)9/h2-3,11H,1H3. The van der Waals surface area contributed by atoms with E-state index in [9.17, 15) is 4.39 Å². The summed E-state index contributed by atoms with van der Waals surface area (Å²) >= 11 is 6.30. The molecule has 0 heterocycles. The summed E-state index contributed by atoms with van der Waals surface area (Å²) in [5.41, 5.74) is 0.860. The van der Waals surface area contributed by atoms with Gasteiger partial charge < -0.3 is 5.32 Å². The number of nitrogens with one attached hydrogen (secondary N) is 1. The SMILES string of the molecule is CNc1cc(Br)c(F)cc1Br. The van der Waals surface area contributed by atoms with Gasteiger partial charge in [0, 0.05) is 17.2 Å². The molecule has 0 aliphatic carbocycles. The minimum Gasteiger partial charge on any atom is -0.387 e. The molecule has 11 heavy (non-hydrogen) atoms. The van der Waals surface area contributed by atoms with Crippen molar-refractivity contribution in [3.05, 3.63) is 26.9 Å². The van der Waals surface area contributed by atoms with Crippen molar-refractivity contribution in [1.29, 1.82) is 0 Å². The highest BCUT2D eigenvalue weighted by atomic mass is 79.9. The Hall–Kier alpha value is -0.0900. The molecule has 1 N–H and O–H groups in total. The molecule has 0 aliphatic rings. The molecular weight excluding hydrogens is 277 g/mol. The van der Waals surface area contributed by atoms with Crippen molar-refractivity contribution < 1.29 is 4.39 Å². The first-order valence-electron chi connectivity index (χ1n) is 2.97. The Balaban J connectivity index is 3.21. The van der Waals surface area contributed by atoms with Crippen LogP contribution in [0.3, 0.4) is 0 Å². The van der Waals surface area contributed by atoms with Crippen LogP contribution in [0.1, 0.15) is 0 Å². The molecule has 4 heteroatoms. The Kier molecular flexibility index (Phi) is 2.90. The molecule has 0 radical (unpaired) electrons. The molecule has 1 nitrogen and oxygen atoms in total. The number of halogens is 3. The number of hydrogen-bond acceptors (Lipinski definition) is 1. The summed E-state index contributed by atoms with van der Waals surface area (Å²) in [6, 6.07) is 3.09. The fourth-order valence-corrected chi connectivity index (χ4v) is 1.57. The van der Waals surface area contributed by atoms with Crippen molar-refractivity contribution >= 4 is 37.5 Å². The fourth-order valence-electron chi connectivity index (χ4n) is 0.714. The molecule has 0 saturated carbocycles. The Labute approximate surface area is 81.2 Å². The van der Waals surface area contributed by atoms with Gasteiger partial charge in [-0.05, 0) is 44.0 Å². The van der Waals surface area contributed by atoms with E-state index in [1.807, 2.05) is 0 Å². The molecule has 0 unspecified atom stereocenters. The predicted molar refractivity (Wildman–Crippen MR) is 51.3 cm³/mol. The monoisotopic (exact) mass is 281 g/mol. The van der Waals surface area contributed by atoms with Crippen LogP contribution in [0.2, 0.25) is 0 Å². The molecule has 0 amide bonds. The van der Waals surface area contributed by atoms with Crippen molar-refractivity contribution in [2.75, 3.05) is 12.4 Å². The molecule has 0 spiro atoms. The Morgan fingerprint density at radius 2 is 1.91 bits per heavy atom. The van der Waals surface area contributed by atoms with Gasteiger partial charge in [0.05, 0.1) is 4.47 Å². The number of anilines is 1. The Bertz CT molecular complexity index is 275. The van der Waals surface area contributed by atoms with Crippen LogP contribution >= 0.6 is 31.9 Å². The van der Waals surface area contributed by atoms with Crippen LogP contribution in [-0.4, -0.2) is 7.05 Å². The van der Waals surface area contributed by atoms with Gasteiger partial charge in [-0.2, -0.15) is 0 Å². The summed E-state index contributed by atoms with van der Waals surface area (Å²) in [5.74, 6) is -0.268. The zero-order valence-corrected chi connectivity index (χ0v) is 8.96. The van der Waals surface area contributed by atoms with E-state index in [2.05, 4.69) is 37.2 Å². The molecule has 0 aliphatic heterocycles. The van der Waals surface area contributed by atoms with Crippen molar-refractivity contribution in [2.24, 2.45) is 0 Å². The summed E-state index contributed by atoms with van der Waals surface area (Å²) in [7, 11) is 1.78. The van der Waals surface area contributed by atoms with Gasteiger partial charge in [0.25, 0.3) is 0 Å². The lowest BCUT2D eigenvalue weighted by Crippen LogP contribution is -1.90. The number of benzene rings is 1. The molecule has 1 aromatic rings. The molecule has 1 aromatic carbocycles. The lowest BCUT2D eigenvalue weighted by molar-refractivity contribution is 0.620. The van der Waals surface area contributed by atoms with Gasteiger partial charge in [0.2, 0.25) is 0 Å². The van der Waals surface area contributed by atoms with E-state index in [1.165, 1.54) is 6.07 Å². The van der Waals surface area contributed by atoms with Crippen LogP contribution in [0.4, 0.5) is 10.1 Å². The molecule has 1 rings (SSSR count). The highest BCUT2D eigenvalue weighted by Gasteiger charge is 2.03. The van der Waals surface area contributed by atoms with E-state index in [1.54, 1.807) is 13.1 Å². The van der Waals surface area contributed by atoms with Crippen LogP contribution in [0.25, 0.3) is 0 Å². The average molecular weight is 283 g/mol. The summed E-state index contributed by atoms with van der Waals surface area (Å²) < 4.78 is 14.0. The molecule has 0 saturated heterocycles. The molecule has 0 fully saturated rings. The highest BCUT2D eigenvalue weighted by Crippen LogP contribution is 2.28. The zero-order valence-electron chi connectivity index (χ0n) is 5.79. The Morgan fingerprint density at radius 1 is 1.27 bits per heavy atom. The molecule has 60 valence electrons. The van der Waals surface area contributed by atoms with Crippen molar-refractivity contribution in [1.82, 2.24) is 0 Å². The summed E-state index contributed by atoms with van der Waals surface area (Å²) in [5, 5.41) is 2.92. The summed E-state index contributed by atoms with van der Waals surface area (Å²) in [6.45, 7) is 0. The minimum absolute atomic E-state index is 0.268. The fraction of sp³-hybridized carbons (Fsp3) is 0.143. The minimum atomic E-state index is -0.268. The second-order valence-electron chi connectivity index (χ2n) is 2.00. The topological polar surface area (TPSA) is 12.0 Å². The first kappa shape index (κ1) is 9.00. The lowest BCUT2D eigenvalue weighted by Gasteiger charge is -2.03. The highest BCUT2D eigenvalue weighted by molar-refractivity contribution is 9.11. The van der Waals surface area contributed by atoms with Gasteiger partial charge in [-0.1, -0.05) is 0 Å². The van der Waals surface area contributed by atoms with Crippen LogP contribution < -0.4 is 5.32 Å². The number of rotatable bonds is 1. The zero-order chi connectivity index (χ0) is 8.43. The van der Waals surface area contributed by atoms with Gasteiger partial charge >= 0.3 is 0 Å². The van der Waals surface area contributed by atoms with E-state index in [4.69, 9.17) is 0 Å². The van der Waals surface area contributed by atoms with Crippen LogP contribution in [-0.2, 0) is 0 Å². The normalized spacial score (nSPS) is 9.82. The van der Waals surface area contributed by atoms with Crippen molar-refractivity contribution in [3.63, 3.8) is 0 Å². The molecule has 0 aromatic heterocycles. The summed E-state index contributed by atoms with van der Waals surface area (Å²) in [6.07, 6.45) is 0. The first-order chi connectivity index (χ1) is 5.15. The predicted octanol–water partition coefficient (Wildman–Crippen LogP) is 3.39. The van der Waals surface area contributed by atoms with E-state index in [0.29, 0.717) is 4.47 Å². The average Bonchev–Trinajstić information content (AvgIpc) is 1.97. The molecule has 0 atom stereocenters. The second-order valence-corrected chi connectivity index (χ2v) is 3.70. The number of hydrogen-bond donors (Lipinski definition) is 1. The first-order valence-corrected chi connectivity index (χ1v) is 4.56. The van der Waals surface area contributed by atoms with Crippen LogP contribution in [0.5, 0.6) is 0 Å². The van der Waals surface area contributed by atoms with Crippen molar-refractivity contribution in [2.45, 2.75) is 0 Å². The van der Waals surface area contributed by atoms with Gasteiger partial charge in [-0.25, -0.2) is 4.39 Å². The maximum absolute atomic E-state index is 12.8. The maximum atomic E-state index is 12.8. The van der Waals surface area contributed by atoms with Gasteiger partial charge in [-0.15, -0.1) is 0 Å². The van der Waals surface area contributed by atoms with Gasteiger partial charge in [0.15, 0.2) is 0 Å². The van der Waals surface area contributed by atoms with E-state index in [0.717, 1.165) is 10.2 Å². The largest absolute Gasteiger partial charge is 0.387 e. The Morgan fingerprint density at radius 3 is 2.45 bits per heavy atom. The third-order valence-corrected chi connectivity index (χ3v) is 2.54. The quantitative estimate of drug-likeness (QED) is 0.779. The van der Waals surface area contributed by atoms with Gasteiger partial charge in [0.1, 0.15) is 5.82 Å². The van der Waals surface area contributed by atoms with Crippen molar-refractivity contribution in [3.8, 4) is 0 Å². The van der Waals surface area contributed by atoms with E-state index in [-0.39, 0.29) is 5.82 Å². The third kappa shape index (κ3) is 1.93. The van der Waals surface area contributed by atoms with Gasteiger partial charge in [-0.3, -0.25) is 0 Å². The van der Waals surface area contributed by atoms with Crippen LogP contribution in [0, 0.1) is 5.82 Å².